The number of rotatable bonds is 4. The lowest BCUT2D eigenvalue weighted by atomic mass is 9.74. The summed E-state index contributed by atoms with van der Waals surface area (Å²) in [5.41, 5.74) is 5.97. The Balaban J connectivity index is 1.74. The van der Waals surface area contributed by atoms with Crippen LogP contribution >= 0.6 is 0 Å². The van der Waals surface area contributed by atoms with Crippen molar-refractivity contribution in [3.05, 3.63) is 0 Å². The zero-order chi connectivity index (χ0) is 14.6. The third kappa shape index (κ3) is 3.95. The minimum Gasteiger partial charge on any atom is -0.355 e. The quantitative estimate of drug-likeness (QED) is 0.827. The second-order valence-corrected chi connectivity index (χ2v) is 6.98. The molecule has 0 aromatic carbocycles. The first-order valence-corrected chi connectivity index (χ1v) is 8.31. The topological polar surface area (TPSA) is 58.4 Å². The van der Waals surface area contributed by atoms with Crippen LogP contribution in [0, 0.1) is 5.92 Å². The van der Waals surface area contributed by atoms with Gasteiger partial charge in [-0.1, -0.05) is 19.3 Å². The van der Waals surface area contributed by atoms with Gasteiger partial charge in [0.1, 0.15) is 0 Å². The van der Waals surface area contributed by atoms with E-state index >= 15 is 0 Å². The highest BCUT2D eigenvalue weighted by molar-refractivity contribution is 5.80. The van der Waals surface area contributed by atoms with Crippen LogP contribution in [-0.4, -0.2) is 42.0 Å². The molecule has 0 bridgehead atoms. The normalized spacial score (nSPS) is 35.8. The van der Waals surface area contributed by atoms with Crippen molar-refractivity contribution in [2.75, 3.05) is 19.6 Å². The highest BCUT2D eigenvalue weighted by Gasteiger charge is 2.37. The van der Waals surface area contributed by atoms with Crippen molar-refractivity contribution < 1.29 is 4.79 Å². The van der Waals surface area contributed by atoms with Gasteiger partial charge in [-0.05, 0) is 46.1 Å². The number of nitrogens with zero attached hydrogens (tertiary/aromatic N) is 1. The van der Waals surface area contributed by atoms with Crippen LogP contribution in [0.5, 0.6) is 0 Å². The van der Waals surface area contributed by atoms with Crippen molar-refractivity contribution in [3.8, 4) is 0 Å². The van der Waals surface area contributed by atoms with E-state index in [1.807, 2.05) is 6.92 Å². The van der Waals surface area contributed by atoms with Gasteiger partial charge in [0.2, 0.25) is 5.91 Å². The summed E-state index contributed by atoms with van der Waals surface area (Å²) in [4.78, 5) is 14.8. The van der Waals surface area contributed by atoms with Gasteiger partial charge in [-0.25, -0.2) is 0 Å². The average molecular weight is 281 g/mol. The van der Waals surface area contributed by atoms with Crippen molar-refractivity contribution >= 4 is 5.91 Å². The van der Waals surface area contributed by atoms with E-state index in [0.717, 1.165) is 38.8 Å². The minimum absolute atomic E-state index is 0.00460. The summed E-state index contributed by atoms with van der Waals surface area (Å²) in [5.74, 6) is 0.161. The molecule has 2 fully saturated rings. The lowest BCUT2D eigenvalue weighted by molar-refractivity contribution is -0.128. The summed E-state index contributed by atoms with van der Waals surface area (Å²) in [6.45, 7) is 7.23. The van der Waals surface area contributed by atoms with E-state index in [4.69, 9.17) is 5.73 Å². The number of nitrogens with two attached hydrogens (primary N) is 1. The second-order valence-electron chi connectivity index (χ2n) is 6.98. The fraction of sp³-hybridized carbons (Fsp3) is 0.938. The maximum Gasteiger partial charge on any atom is 0.225 e. The molecule has 2 rings (SSSR count). The fourth-order valence-electron chi connectivity index (χ4n) is 3.72. The van der Waals surface area contributed by atoms with Gasteiger partial charge in [0, 0.05) is 24.7 Å². The molecular weight excluding hydrogens is 250 g/mol. The molecule has 0 spiro atoms. The molecule has 3 atom stereocenters. The van der Waals surface area contributed by atoms with Crippen LogP contribution in [-0.2, 0) is 4.79 Å². The smallest absolute Gasteiger partial charge is 0.225 e. The third-order valence-electron chi connectivity index (χ3n) is 5.21. The van der Waals surface area contributed by atoms with Crippen LogP contribution in [0.1, 0.15) is 58.8 Å². The first kappa shape index (κ1) is 15.8. The second kappa shape index (κ2) is 6.90. The predicted molar refractivity (Wildman–Crippen MR) is 82.4 cm³/mol. The molecular formula is C16H31N3O. The number of piperidine rings is 1. The van der Waals surface area contributed by atoms with E-state index in [1.54, 1.807) is 0 Å². The van der Waals surface area contributed by atoms with Gasteiger partial charge in [0.05, 0.1) is 5.92 Å². The first-order chi connectivity index (χ1) is 9.50. The van der Waals surface area contributed by atoms with Gasteiger partial charge in [-0.2, -0.15) is 0 Å². The summed E-state index contributed by atoms with van der Waals surface area (Å²) in [6.07, 6.45) is 8.13. The van der Waals surface area contributed by atoms with Crippen molar-refractivity contribution in [2.24, 2.45) is 11.7 Å². The van der Waals surface area contributed by atoms with Crippen LogP contribution in [0.15, 0.2) is 0 Å². The predicted octanol–water partition coefficient (Wildman–Crippen LogP) is 1.88. The Labute approximate surface area is 123 Å². The molecule has 4 heteroatoms. The van der Waals surface area contributed by atoms with E-state index in [1.165, 1.54) is 25.8 Å². The van der Waals surface area contributed by atoms with Gasteiger partial charge in [0.15, 0.2) is 0 Å². The van der Waals surface area contributed by atoms with Crippen molar-refractivity contribution in [1.82, 2.24) is 10.2 Å². The van der Waals surface area contributed by atoms with Crippen LogP contribution in [0.2, 0.25) is 0 Å². The molecule has 1 saturated carbocycles. The van der Waals surface area contributed by atoms with Gasteiger partial charge >= 0.3 is 0 Å². The number of carbonyl (C=O) groups is 1. The molecule has 2 aliphatic rings. The monoisotopic (exact) mass is 281 g/mol. The Morgan fingerprint density at radius 2 is 2.05 bits per heavy atom. The maximum absolute atomic E-state index is 12.3. The Morgan fingerprint density at radius 3 is 2.75 bits per heavy atom. The first-order valence-electron chi connectivity index (χ1n) is 8.31. The van der Waals surface area contributed by atoms with Gasteiger partial charge < -0.3 is 11.1 Å². The van der Waals surface area contributed by atoms with E-state index < -0.39 is 0 Å². The summed E-state index contributed by atoms with van der Waals surface area (Å²) in [5, 5.41) is 3.12. The van der Waals surface area contributed by atoms with Gasteiger partial charge in [-0.15, -0.1) is 0 Å². The zero-order valence-electron chi connectivity index (χ0n) is 13.2. The van der Waals surface area contributed by atoms with Crippen LogP contribution in [0.3, 0.4) is 0 Å². The summed E-state index contributed by atoms with van der Waals surface area (Å²) >= 11 is 0. The number of amides is 1. The highest BCUT2D eigenvalue weighted by Crippen LogP contribution is 2.31. The minimum atomic E-state index is -0.319. The molecule has 4 nitrogen and oxygen atoms in total. The van der Waals surface area contributed by atoms with Crippen LogP contribution in [0.25, 0.3) is 0 Å². The van der Waals surface area contributed by atoms with E-state index in [2.05, 4.69) is 17.1 Å². The van der Waals surface area contributed by atoms with Crippen molar-refractivity contribution in [1.29, 1.82) is 0 Å². The number of hydrogen-bond acceptors (Lipinski definition) is 3. The van der Waals surface area contributed by atoms with E-state index in [0.29, 0.717) is 6.04 Å². The maximum atomic E-state index is 12.3. The molecule has 1 heterocycles. The fourth-order valence-corrected chi connectivity index (χ4v) is 3.72. The molecule has 116 valence electrons. The van der Waals surface area contributed by atoms with Gasteiger partial charge in [-0.3, -0.25) is 9.69 Å². The number of nitrogens with one attached hydrogen (secondary N) is 1. The standard InChI is InChI=1S/C16H31N3O/c1-13-7-4-6-11-19(13)12-10-18-15(20)14-8-3-5-9-16(14,2)17/h13-14H,3-12,17H2,1-2H3,(H,18,20). The number of carbonyl (C=O) groups excluding carboxylic acids is 1. The number of hydrogen-bond donors (Lipinski definition) is 2. The SMILES string of the molecule is CC1CCCCN1CCNC(=O)C1CCCCC1(C)N. The van der Waals surface area contributed by atoms with Gasteiger partial charge in [0.25, 0.3) is 0 Å². The lowest BCUT2D eigenvalue weighted by Crippen LogP contribution is -2.53. The molecule has 0 radical (unpaired) electrons. The lowest BCUT2D eigenvalue weighted by Gasteiger charge is -2.37. The van der Waals surface area contributed by atoms with E-state index in [9.17, 15) is 4.79 Å². The average Bonchev–Trinajstić information content (AvgIpc) is 2.40. The Morgan fingerprint density at radius 1 is 1.30 bits per heavy atom. The number of likely N-dealkylation sites (tertiary alicyclic amines) is 1. The van der Waals surface area contributed by atoms with Crippen molar-refractivity contribution in [2.45, 2.75) is 70.4 Å². The Kier molecular flexibility index (Phi) is 5.44. The molecule has 0 aromatic heterocycles. The largest absolute Gasteiger partial charge is 0.355 e. The Hall–Kier alpha value is -0.610. The summed E-state index contributed by atoms with van der Waals surface area (Å²) < 4.78 is 0. The van der Waals surface area contributed by atoms with Crippen molar-refractivity contribution in [3.63, 3.8) is 0 Å². The molecule has 1 aliphatic carbocycles. The van der Waals surface area contributed by atoms with Crippen LogP contribution < -0.4 is 11.1 Å². The highest BCUT2D eigenvalue weighted by atomic mass is 16.1. The van der Waals surface area contributed by atoms with Crippen LogP contribution in [0.4, 0.5) is 0 Å². The third-order valence-corrected chi connectivity index (χ3v) is 5.21. The van der Waals surface area contributed by atoms with E-state index in [-0.39, 0.29) is 17.4 Å². The molecule has 3 N–H and O–H groups in total. The summed E-state index contributed by atoms with van der Waals surface area (Å²) in [6, 6.07) is 0.662. The molecule has 1 amide bonds. The molecule has 0 aromatic rings. The molecule has 1 saturated heterocycles. The summed E-state index contributed by atoms with van der Waals surface area (Å²) in [7, 11) is 0. The molecule has 1 aliphatic heterocycles. The Bertz CT molecular complexity index is 330. The molecule has 3 unspecified atom stereocenters. The molecule has 20 heavy (non-hydrogen) atoms. The zero-order valence-corrected chi connectivity index (χ0v) is 13.2.